The van der Waals surface area contributed by atoms with Gasteiger partial charge < -0.3 is 26.4 Å². The number of carbonyl (C=O) groups excluding carboxylic acids is 1. The summed E-state index contributed by atoms with van der Waals surface area (Å²) in [5.74, 6) is -3.07. The number of rotatable bonds is 6. The average Bonchev–Trinajstić information content (AvgIpc) is 3.30. The maximum atomic E-state index is 14.7. The topological polar surface area (TPSA) is 115 Å². The van der Waals surface area contributed by atoms with Crippen LogP contribution in [0.2, 0.25) is 0 Å². The quantitative estimate of drug-likeness (QED) is 0.396. The van der Waals surface area contributed by atoms with Gasteiger partial charge in [0.2, 0.25) is 0 Å². The number of halogens is 3. The van der Waals surface area contributed by atoms with Gasteiger partial charge in [0, 0.05) is 30.6 Å². The highest BCUT2D eigenvalue weighted by molar-refractivity contribution is 6.04. The summed E-state index contributed by atoms with van der Waals surface area (Å²) in [5.41, 5.74) is 1.01. The van der Waals surface area contributed by atoms with Gasteiger partial charge in [0.05, 0.1) is 23.0 Å². The van der Waals surface area contributed by atoms with Crippen LogP contribution in [0.15, 0.2) is 64.2 Å². The molecule has 196 valence electrons. The molecule has 4 aliphatic rings. The second kappa shape index (κ2) is 10.3. The highest BCUT2D eigenvalue weighted by atomic mass is 19.1. The minimum Gasteiger partial charge on any atom is -0.478 e. The number of aliphatic imine (C=N–C) groups is 1. The number of hydrogen-bond acceptors (Lipinski definition) is 6. The van der Waals surface area contributed by atoms with Crippen molar-refractivity contribution in [2.24, 2.45) is 10.9 Å². The maximum Gasteiger partial charge on any atom is 0.336 e. The maximum absolute atomic E-state index is 14.7. The van der Waals surface area contributed by atoms with Gasteiger partial charge in [0.15, 0.2) is 5.83 Å². The van der Waals surface area contributed by atoms with Crippen molar-refractivity contribution in [3.8, 4) is 0 Å². The summed E-state index contributed by atoms with van der Waals surface area (Å²) in [6, 6.07) is 5.64. The number of hydrogen-bond donors (Lipinski definition) is 5. The lowest BCUT2D eigenvalue weighted by Gasteiger charge is -2.34. The Balaban J connectivity index is 1.22. The van der Waals surface area contributed by atoms with Crippen LogP contribution in [-0.4, -0.2) is 47.6 Å². The Kier molecular flexibility index (Phi) is 6.94. The zero-order chi connectivity index (χ0) is 26.1. The molecule has 1 fully saturated rings. The third-order valence-corrected chi connectivity index (χ3v) is 7.26. The summed E-state index contributed by atoms with van der Waals surface area (Å²) in [5, 5.41) is 21.4. The first-order chi connectivity index (χ1) is 17.8. The van der Waals surface area contributed by atoms with Crippen LogP contribution in [0.3, 0.4) is 0 Å². The first-order valence-corrected chi connectivity index (χ1v) is 12.4. The van der Waals surface area contributed by atoms with Crippen LogP contribution >= 0.6 is 0 Å². The van der Waals surface area contributed by atoms with Crippen LogP contribution in [0.4, 0.5) is 13.2 Å². The molecule has 5 unspecified atom stereocenters. The molecule has 1 aromatic carbocycles. The van der Waals surface area contributed by atoms with Crippen molar-refractivity contribution in [3.63, 3.8) is 0 Å². The molecule has 2 aliphatic heterocycles. The van der Waals surface area contributed by atoms with Crippen LogP contribution in [0, 0.1) is 5.92 Å². The average molecular weight is 516 g/mol. The number of fused-ring (bicyclic) bond motifs is 1. The number of carbonyl (C=O) groups is 2. The third kappa shape index (κ3) is 5.21. The van der Waals surface area contributed by atoms with E-state index in [0.717, 1.165) is 19.1 Å². The van der Waals surface area contributed by atoms with Gasteiger partial charge in [0.1, 0.15) is 24.0 Å². The van der Waals surface area contributed by atoms with Crippen LogP contribution in [-0.2, 0) is 0 Å². The third-order valence-electron chi connectivity index (χ3n) is 7.26. The van der Waals surface area contributed by atoms with Gasteiger partial charge in [-0.1, -0.05) is 12.1 Å². The van der Waals surface area contributed by atoms with E-state index >= 15 is 0 Å². The molecule has 1 aromatic rings. The molecule has 8 nitrogen and oxygen atoms in total. The van der Waals surface area contributed by atoms with Crippen LogP contribution in [0.1, 0.15) is 59.2 Å². The van der Waals surface area contributed by atoms with E-state index in [2.05, 4.69) is 26.3 Å². The van der Waals surface area contributed by atoms with Crippen molar-refractivity contribution < 1.29 is 27.9 Å². The Hall–Kier alpha value is -3.76. The zero-order valence-corrected chi connectivity index (χ0v) is 19.9. The number of nitrogens with one attached hydrogen (secondary N) is 4. The molecule has 0 radical (unpaired) electrons. The number of carboxylic acid groups (broad SMARTS) is 1. The molecule has 5 atom stereocenters. The SMILES string of the molecule is O=C(O)c1ccccc1C(=O)NC1CCCC(NC2=C(F)C=NC(C3=CNC4=C(F)CC(F)CC34)N2)C1. The van der Waals surface area contributed by atoms with Crippen LogP contribution < -0.4 is 21.3 Å². The second-order valence-electron chi connectivity index (χ2n) is 9.77. The van der Waals surface area contributed by atoms with Crippen molar-refractivity contribution in [2.75, 3.05) is 0 Å². The summed E-state index contributed by atoms with van der Waals surface area (Å²) < 4.78 is 42.9. The molecular formula is C26H28F3N5O3. The van der Waals surface area contributed by atoms with E-state index in [1.807, 2.05) is 0 Å². The first kappa shape index (κ1) is 24.9. The smallest absolute Gasteiger partial charge is 0.336 e. The zero-order valence-electron chi connectivity index (χ0n) is 19.9. The highest BCUT2D eigenvalue weighted by Crippen LogP contribution is 2.40. The van der Waals surface area contributed by atoms with Gasteiger partial charge in [-0.25, -0.2) is 18.0 Å². The van der Waals surface area contributed by atoms with E-state index in [4.69, 9.17) is 0 Å². The lowest BCUT2D eigenvalue weighted by Crippen LogP contribution is -2.48. The predicted octanol–water partition coefficient (Wildman–Crippen LogP) is 3.57. The van der Waals surface area contributed by atoms with Crippen molar-refractivity contribution >= 4 is 18.1 Å². The fraction of sp³-hybridized carbons (Fsp3) is 0.423. The minimum atomic E-state index is -1.29. The molecule has 11 heteroatoms. The van der Waals surface area contributed by atoms with E-state index in [-0.39, 0.29) is 41.9 Å². The number of aromatic carboxylic acids is 1. The van der Waals surface area contributed by atoms with E-state index in [9.17, 15) is 27.9 Å². The van der Waals surface area contributed by atoms with Gasteiger partial charge in [-0.3, -0.25) is 9.79 Å². The fourth-order valence-electron chi connectivity index (χ4n) is 5.48. The number of allylic oxidation sites excluding steroid dienone is 3. The molecule has 0 bridgehead atoms. The number of carboxylic acids is 1. The molecule has 2 aliphatic carbocycles. The molecule has 37 heavy (non-hydrogen) atoms. The van der Waals surface area contributed by atoms with Crippen LogP contribution in [0.5, 0.6) is 0 Å². The molecule has 1 amide bonds. The van der Waals surface area contributed by atoms with Crippen molar-refractivity contribution in [1.29, 1.82) is 0 Å². The predicted molar refractivity (Wildman–Crippen MR) is 131 cm³/mol. The van der Waals surface area contributed by atoms with E-state index in [1.54, 1.807) is 18.3 Å². The fourth-order valence-corrected chi connectivity index (χ4v) is 5.48. The van der Waals surface area contributed by atoms with Gasteiger partial charge in [0.25, 0.3) is 5.91 Å². The summed E-state index contributed by atoms with van der Waals surface area (Å²) >= 11 is 0. The van der Waals surface area contributed by atoms with Crippen molar-refractivity contribution in [3.05, 3.63) is 70.3 Å². The molecule has 2 heterocycles. The first-order valence-electron chi connectivity index (χ1n) is 12.4. The van der Waals surface area contributed by atoms with Gasteiger partial charge >= 0.3 is 5.97 Å². The van der Waals surface area contributed by atoms with E-state index < -0.39 is 41.8 Å². The Morgan fingerprint density at radius 1 is 1.08 bits per heavy atom. The van der Waals surface area contributed by atoms with E-state index in [0.29, 0.717) is 24.1 Å². The number of amides is 1. The molecule has 0 aromatic heterocycles. The summed E-state index contributed by atoms with van der Waals surface area (Å²) in [6.07, 6.45) is 3.37. The number of benzene rings is 1. The van der Waals surface area contributed by atoms with Gasteiger partial charge in [-0.15, -0.1) is 0 Å². The van der Waals surface area contributed by atoms with E-state index in [1.165, 1.54) is 12.1 Å². The normalized spacial score (nSPS) is 29.2. The lowest BCUT2D eigenvalue weighted by molar-refractivity contribution is 0.0690. The second-order valence-corrected chi connectivity index (χ2v) is 9.77. The summed E-state index contributed by atoms with van der Waals surface area (Å²) in [6.45, 7) is 0. The van der Waals surface area contributed by atoms with Gasteiger partial charge in [-0.05, 0) is 49.8 Å². The Bertz CT molecular complexity index is 1230. The summed E-state index contributed by atoms with van der Waals surface area (Å²) in [7, 11) is 0. The minimum absolute atomic E-state index is 0.0694. The molecule has 0 saturated heterocycles. The van der Waals surface area contributed by atoms with Crippen molar-refractivity contribution in [1.82, 2.24) is 21.3 Å². The van der Waals surface area contributed by atoms with Crippen molar-refractivity contribution in [2.45, 2.75) is 62.9 Å². The molecule has 5 rings (SSSR count). The molecule has 5 N–H and O–H groups in total. The largest absolute Gasteiger partial charge is 0.478 e. The summed E-state index contributed by atoms with van der Waals surface area (Å²) in [4.78, 5) is 28.4. The monoisotopic (exact) mass is 515 g/mol. The Morgan fingerprint density at radius 3 is 2.62 bits per heavy atom. The molecule has 0 spiro atoms. The Morgan fingerprint density at radius 2 is 1.84 bits per heavy atom. The highest BCUT2D eigenvalue weighted by Gasteiger charge is 2.39. The Labute approximate surface area is 211 Å². The van der Waals surface area contributed by atoms with Gasteiger partial charge in [-0.2, -0.15) is 0 Å². The molecule has 1 saturated carbocycles. The standard InChI is InChI=1S/C26H28F3N5O3/c27-13-8-18-19(11-30-22(18)20(28)9-13)23-31-12-21(29)24(34-23)32-14-4-3-5-15(10-14)33-25(35)16-6-1-2-7-17(16)26(36)37/h1-2,6-7,11-15,18,23,30,32,34H,3-5,8-10H2,(H,33,35)(H,36,37). The lowest BCUT2D eigenvalue weighted by atomic mass is 9.85. The number of alkyl halides is 1. The molecular weight excluding hydrogens is 487 g/mol. The number of nitrogens with zero attached hydrogens (tertiary/aromatic N) is 1. The van der Waals surface area contributed by atoms with Crippen LogP contribution in [0.25, 0.3) is 0 Å².